The van der Waals surface area contributed by atoms with Crippen LogP contribution in [0.15, 0.2) is 48.8 Å². The van der Waals surface area contributed by atoms with E-state index in [0.717, 1.165) is 13.0 Å². The third-order valence-electron chi connectivity index (χ3n) is 5.52. The molecule has 9 nitrogen and oxygen atoms in total. The second-order valence-corrected chi connectivity index (χ2v) is 8.03. The molecule has 0 aliphatic carbocycles. The van der Waals surface area contributed by atoms with Gasteiger partial charge in [0.2, 0.25) is 5.91 Å². The van der Waals surface area contributed by atoms with E-state index in [1.165, 1.54) is 12.4 Å². The summed E-state index contributed by atoms with van der Waals surface area (Å²) in [5, 5.41) is 19.2. The number of terminal acetylenes is 1. The van der Waals surface area contributed by atoms with Crippen molar-refractivity contribution in [3.8, 4) is 24.2 Å². The van der Waals surface area contributed by atoms with Crippen molar-refractivity contribution in [2.75, 3.05) is 36.9 Å². The van der Waals surface area contributed by atoms with E-state index in [0.29, 0.717) is 64.7 Å². The van der Waals surface area contributed by atoms with E-state index < -0.39 is 0 Å². The number of hydrogen-bond acceptors (Lipinski definition) is 8. The Labute approximate surface area is 209 Å². The number of carbonyl (C=O) groups is 1. The third-order valence-corrected chi connectivity index (χ3v) is 5.52. The van der Waals surface area contributed by atoms with Gasteiger partial charge < -0.3 is 25.4 Å². The summed E-state index contributed by atoms with van der Waals surface area (Å²) in [7, 11) is 0. The number of rotatable bonds is 9. The number of carbonyl (C=O) groups excluding carboxylic acids is 1. The van der Waals surface area contributed by atoms with Crippen LogP contribution in [0.1, 0.15) is 24.5 Å². The number of anilines is 3. The molecule has 0 spiro atoms. The van der Waals surface area contributed by atoms with Crippen LogP contribution >= 0.6 is 0 Å². The van der Waals surface area contributed by atoms with Gasteiger partial charge in [-0.15, -0.1) is 6.42 Å². The van der Waals surface area contributed by atoms with Crippen LogP contribution in [0.25, 0.3) is 10.9 Å². The molecule has 1 aliphatic heterocycles. The summed E-state index contributed by atoms with van der Waals surface area (Å²) >= 11 is 0. The zero-order chi connectivity index (χ0) is 25.3. The van der Waals surface area contributed by atoms with Crippen molar-refractivity contribution in [2.24, 2.45) is 0 Å². The Balaban J connectivity index is 1.68. The Morgan fingerprint density at radius 3 is 2.94 bits per heavy atom. The minimum Gasteiger partial charge on any atom is -0.486 e. The molecule has 1 saturated heterocycles. The van der Waals surface area contributed by atoms with Crippen LogP contribution in [0.5, 0.6) is 5.75 Å². The molecular formula is C27H26N6O3. The molecule has 3 aromatic rings. The minimum absolute atomic E-state index is 0.109. The molecule has 1 aliphatic rings. The van der Waals surface area contributed by atoms with E-state index in [9.17, 15) is 10.1 Å². The molecule has 0 saturated carbocycles. The van der Waals surface area contributed by atoms with Crippen molar-refractivity contribution in [3.63, 3.8) is 0 Å². The largest absolute Gasteiger partial charge is 0.486 e. The van der Waals surface area contributed by atoms with Gasteiger partial charge in [-0.1, -0.05) is 18.9 Å². The van der Waals surface area contributed by atoms with E-state index in [1.54, 1.807) is 36.4 Å². The molecule has 3 N–H and O–H groups in total. The van der Waals surface area contributed by atoms with Crippen molar-refractivity contribution < 1.29 is 14.3 Å². The summed E-state index contributed by atoms with van der Waals surface area (Å²) in [5.41, 5.74) is 2.69. The molecule has 0 radical (unpaired) electrons. The second-order valence-electron chi connectivity index (χ2n) is 8.03. The number of nitrogens with zero attached hydrogens (tertiary/aromatic N) is 3. The Kier molecular flexibility index (Phi) is 8.09. The predicted molar refractivity (Wildman–Crippen MR) is 138 cm³/mol. The van der Waals surface area contributed by atoms with Gasteiger partial charge in [0.1, 0.15) is 30.1 Å². The summed E-state index contributed by atoms with van der Waals surface area (Å²) < 4.78 is 11.6. The number of nitrogens with one attached hydrogen (secondary N) is 3. The zero-order valence-corrected chi connectivity index (χ0v) is 19.9. The first-order valence-electron chi connectivity index (χ1n) is 11.6. The van der Waals surface area contributed by atoms with Gasteiger partial charge in [0.25, 0.3) is 0 Å². The van der Waals surface area contributed by atoms with Crippen LogP contribution in [0.3, 0.4) is 0 Å². The number of amides is 1. The molecule has 182 valence electrons. The molecule has 2 aromatic carbocycles. The number of hydrogen-bond donors (Lipinski definition) is 3. The van der Waals surface area contributed by atoms with E-state index >= 15 is 0 Å². The Hall–Kier alpha value is -4.44. The minimum atomic E-state index is -0.281. The number of fused-ring (bicyclic) bond motifs is 1. The van der Waals surface area contributed by atoms with Crippen LogP contribution in [-0.4, -0.2) is 48.3 Å². The van der Waals surface area contributed by atoms with Gasteiger partial charge in [0.15, 0.2) is 0 Å². The lowest BCUT2D eigenvalue weighted by Gasteiger charge is -2.17. The van der Waals surface area contributed by atoms with Crippen molar-refractivity contribution in [1.82, 2.24) is 15.3 Å². The Morgan fingerprint density at radius 2 is 2.19 bits per heavy atom. The number of benzene rings is 2. The van der Waals surface area contributed by atoms with E-state index in [1.807, 2.05) is 6.92 Å². The zero-order valence-electron chi connectivity index (χ0n) is 19.9. The highest BCUT2D eigenvalue weighted by Gasteiger charge is 2.20. The average Bonchev–Trinajstić information content (AvgIpc) is 3.40. The first-order valence-corrected chi connectivity index (χ1v) is 11.6. The number of likely N-dealkylation sites (N-methyl/N-ethyl adjacent to an activating group) is 1. The molecule has 0 unspecified atom stereocenters. The van der Waals surface area contributed by atoms with Gasteiger partial charge in [-0.25, -0.2) is 9.97 Å². The van der Waals surface area contributed by atoms with E-state index in [2.05, 4.69) is 37.9 Å². The summed E-state index contributed by atoms with van der Waals surface area (Å²) in [6.07, 6.45) is 10.9. The van der Waals surface area contributed by atoms with Crippen LogP contribution in [-0.2, 0) is 9.53 Å². The highest BCUT2D eigenvalue weighted by atomic mass is 16.5. The monoisotopic (exact) mass is 482 g/mol. The molecule has 36 heavy (non-hydrogen) atoms. The number of aromatic nitrogens is 2. The molecule has 4 rings (SSSR count). The highest BCUT2D eigenvalue weighted by Crippen LogP contribution is 2.34. The smallest absolute Gasteiger partial charge is 0.248 e. The van der Waals surface area contributed by atoms with Crippen molar-refractivity contribution >= 4 is 34.0 Å². The van der Waals surface area contributed by atoms with Gasteiger partial charge in [0, 0.05) is 41.7 Å². The van der Waals surface area contributed by atoms with Gasteiger partial charge in [-0.3, -0.25) is 4.79 Å². The highest BCUT2D eigenvalue weighted by molar-refractivity contribution is 6.03. The molecule has 2 heterocycles. The topological polar surface area (TPSA) is 121 Å². The van der Waals surface area contributed by atoms with Gasteiger partial charge in [-0.05, 0) is 30.8 Å². The van der Waals surface area contributed by atoms with Gasteiger partial charge >= 0.3 is 0 Å². The van der Waals surface area contributed by atoms with Gasteiger partial charge in [-0.2, -0.15) is 5.26 Å². The maximum absolute atomic E-state index is 12.6. The molecule has 9 heteroatoms. The lowest BCUT2D eigenvalue weighted by atomic mass is 10.1. The normalized spacial score (nSPS) is 14.9. The molecular weight excluding hydrogens is 456 g/mol. The molecule has 1 atom stereocenters. The van der Waals surface area contributed by atoms with Crippen molar-refractivity contribution in [2.45, 2.75) is 19.4 Å². The molecule has 0 bridgehead atoms. The van der Waals surface area contributed by atoms with E-state index in [4.69, 9.17) is 15.9 Å². The summed E-state index contributed by atoms with van der Waals surface area (Å²) in [5.74, 6) is 3.27. The van der Waals surface area contributed by atoms with Crippen LogP contribution in [0.2, 0.25) is 0 Å². The molecule has 1 amide bonds. The maximum atomic E-state index is 12.6. The standard InChI is InChI=1S/C27H26N6O3/c1-3-18-12-20(8-7-19(18)15-28)32-27-22-13-24(33-26(34)6-5-10-29-4-2)25(14-23(22)30-17-31-27)36-21-9-11-35-16-21/h1,5-8,12-14,17,21,29H,4,9-11,16H2,2H3,(H,33,34)(H,30,31,32)/t21-/m0/s1. The first kappa shape index (κ1) is 24.7. The van der Waals surface area contributed by atoms with Crippen LogP contribution in [0, 0.1) is 23.7 Å². The first-order chi connectivity index (χ1) is 17.6. The molecule has 1 aromatic heterocycles. The lowest BCUT2D eigenvalue weighted by Crippen LogP contribution is -2.18. The second kappa shape index (κ2) is 11.8. The van der Waals surface area contributed by atoms with Crippen LogP contribution in [0.4, 0.5) is 17.2 Å². The fourth-order valence-electron chi connectivity index (χ4n) is 3.71. The van der Waals surface area contributed by atoms with Crippen molar-refractivity contribution in [1.29, 1.82) is 5.26 Å². The SMILES string of the molecule is C#Cc1cc(Nc2ncnc3cc(O[C@H]4CCOC4)c(NC(=O)C=CCNCC)cc23)ccc1C#N. The summed E-state index contributed by atoms with van der Waals surface area (Å²) in [6.45, 7) is 4.53. The van der Waals surface area contributed by atoms with E-state index in [-0.39, 0.29) is 12.0 Å². The maximum Gasteiger partial charge on any atom is 0.248 e. The third kappa shape index (κ3) is 5.97. The quantitative estimate of drug-likeness (QED) is 0.241. The number of ether oxygens (including phenoxy) is 2. The van der Waals surface area contributed by atoms with Crippen molar-refractivity contribution in [3.05, 3.63) is 59.9 Å². The average molecular weight is 483 g/mol. The van der Waals surface area contributed by atoms with Crippen LogP contribution < -0.4 is 20.7 Å². The summed E-state index contributed by atoms with van der Waals surface area (Å²) in [4.78, 5) is 21.4. The fourth-order valence-corrected chi connectivity index (χ4v) is 3.71. The Bertz CT molecular complexity index is 1370. The fraction of sp³-hybridized carbons (Fsp3) is 0.259. The summed E-state index contributed by atoms with van der Waals surface area (Å²) in [6, 6.07) is 10.8. The lowest BCUT2D eigenvalue weighted by molar-refractivity contribution is -0.111. The molecule has 1 fully saturated rings. The Morgan fingerprint density at radius 1 is 1.31 bits per heavy atom. The van der Waals surface area contributed by atoms with Gasteiger partial charge in [0.05, 0.1) is 30.0 Å². The number of nitriles is 1. The predicted octanol–water partition coefficient (Wildman–Crippen LogP) is 3.50.